The number of nitro benzene ring substituents is 1. The molecule has 1 aliphatic carbocycles. The zero-order valence-electron chi connectivity index (χ0n) is 31.9. The fraction of sp³-hybridized carbons (Fsp3) is 0.349. The quantitative estimate of drug-likeness (QED) is 0.116. The fourth-order valence-electron chi connectivity index (χ4n) is 7.76. The number of ether oxygens (including phenoxy) is 1. The number of amides is 4. The Bertz CT molecular complexity index is 2040. The molecule has 13 heteroatoms. The molecule has 0 aromatic heterocycles. The third-order valence-electron chi connectivity index (χ3n) is 10.4. The van der Waals surface area contributed by atoms with Crippen LogP contribution in [0.15, 0.2) is 103 Å². The van der Waals surface area contributed by atoms with Crippen LogP contribution in [-0.4, -0.2) is 86.6 Å². The van der Waals surface area contributed by atoms with Gasteiger partial charge in [-0.3, -0.25) is 24.5 Å². The Kier molecular flexibility index (Phi) is 11.8. The lowest BCUT2D eigenvalue weighted by Crippen LogP contribution is -2.63. The van der Waals surface area contributed by atoms with Gasteiger partial charge in [-0.25, -0.2) is 4.79 Å². The van der Waals surface area contributed by atoms with Gasteiger partial charge in [-0.2, -0.15) is 0 Å². The smallest absolute Gasteiger partial charge is 0.407 e. The van der Waals surface area contributed by atoms with Crippen LogP contribution >= 0.6 is 0 Å². The van der Waals surface area contributed by atoms with E-state index in [0.29, 0.717) is 18.5 Å². The van der Waals surface area contributed by atoms with Gasteiger partial charge in [0.05, 0.1) is 11.0 Å². The lowest BCUT2D eigenvalue weighted by molar-refractivity contribution is -0.384. The average molecular weight is 762 g/mol. The van der Waals surface area contributed by atoms with Gasteiger partial charge in [-0.15, -0.1) is 0 Å². The molecular weight excluding hydrogens is 714 g/mol. The molecule has 0 unspecified atom stereocenters. The predicted octanol–water partition coefficient (Wildman–Crippen LogP) is 6.05. The van der Waals surface area contributed by atoms with Gasteiger partial charge in [0.2, 0.25) is 17.7 Å². The number of carbonyl (C=O) groups excluding carboxylic acids is 4. The summed E-state index contributed by atoms with van der Waals surface area (Å²) in [5, 5.41) is 27.4. The van der Waals surface area contributed by atoms with Crippen LogP contribution < -0.4 is 10.6 Å². The first-order valence-corrected chi connectivity index (χ1v) is 18.8. The lowest BCUT2D eigenvalue weighted by atomic mass is 9.95. The third kappa shape index (κ3) is 8.57. The summed E-state index contributed by atoms with van der Waals surface area (Å²) in [6.07, 6.45) is -1.28. The van der Waals surface area contributed by atoms with Gasteiger partial charge in [-0.1, -0.05) is 78.9 Å². The van der Waals surface area contributed by atoms with Crippen molar-refractivity contribution < 1.29 is 33.9 Å². The second-order valence-electron chi connectivity index (χ2n) is 15.3. The van der Waals surface area contributed by atoms with E-state index < -0.39 is 58.5 Å². The maximum absolute atomic E-state index is 14.8. The Morgan fingerprint density at radius 1 is 0.911 bits per heavy atom. The van der Waals surface area contributed by atoms with Crippen molar-refractivity contribution in [3.05, 3.63) is 130 Å². The van der Waals surface area contributed by atoms with Crippen molar-refractivity contribution in [3.63, 3.8) is 0 Å². The molecule has 1 saturated heterocycles. The molecule has 0 radical (unpaired) electrons. The van der Waals surface area contributed by atoms with Crippen LogP contribution in [-0.2, 0) is 25.5 Å². The molecule has 1 heterocycles. The van der Waals surface area contributed by atoms with Crippen molar-refractivity contribution in [3.8, 4) is 11.1 Å². The molecule has 56 heavy (non-hydrogen) atoms. The van der Waals surface area contributed by atoms with Crippen LogP contribution in [0.5, 0.6) is 0 Å². The van der Waals surface area contributed by atoms with Crippen molar-refractivity contribution in [1.29, 1.82) is 0 Å². The Hall–Kier alpha value is -6.08. The molecule has 0 saturated carbocycles. The van der Waals surface area contributed by atoms with Crippen LogP contribution in [0.2, 0.25) is 0 Å². The SMILES string of the molecule is C[C@@H](O)[C@H](NC(=O)OCC1c2ccccc2-c2ccccc21)C(=O)N1CCC[C@H]1C(=O)N([C@@H](Cc1ccccc1)C(=O)Nc1ccc([N+](=O)[O-])cc1)C(C)(C)C. The van der Waals surface area contributed by atoms with Gasteiger partial charge >= 0.3 is 6.09 Å². The Labute approximate surface area is 325 Å². The number of alkyl carbamates (subject to hydrolysis) is 1. The number of hydrogen-bond donors (Lipinski definition) is 3. The van der Waals surface area contributed by atoms with Crippen molar-refractivity contribution >= 4 is 35.2 Å². The van der Waals surface area contributed by atoms with E-state index in [1.54, 1.807) is 20.8 Å². The number of hydrogen-bond acceptors (Lipinski definition) is 8. The molecule has 0 spiro atoms. The van der Waals surface area contributed by atoms with Gasteiger partial charge in [0.25, 0.3) is 5.69 Å². The number of nitrogens with one attached hydrogen (secondary N) is 2. The first kappa shape index (κ1) is 39.6. The fourth-order valence-corrected chi connectivity index (χ4v) is 7.76. The van der Waals surface area contributed by atoms with Crippen LogP contribution in [0, 0.1) is 10.1 Å². The monoisotopic (exact) mass is 761 g/mol. The molecular formula is C43H47N5O8. The second kappa shape index (κ2) is 16.7. The first-order valence-electron chi connectivity index (χ1n) is 18.8. The third-order valence-corrected chi connectivity index (χ3v) is 10.4. The van der Waals surface area contributed by atoms with Crippen LogP contribution in [0.1, 0.15) is 63.1 Å². The van der Waals surface area contributed by atoms with Gasteiger partial charge in [-0.05, 0) is 80.5 Å². The number of aliphatic hydroxyl groups excluding tert-OH is 1. The molecule has 4 amide bonds. The highest BCUT2D eigenvalue weighted by Crippen LogP contribution is 2.44. The summed E-state index contributed by atoms with van der Waals surface area (Å²) in [7, 11) is 0. The number of nitro groups is 1. The largest absolute Gasteiger partial charge is 0.449 e. The summed E-state index contributed by atoms with van der Waals surface area (Å²) in [6, 6.07) is 27.0. The molecule has 1 aliphatic heterocycles. The van der Waals surface area contributed by atoms with Crippen LogP contribution in [0.25, 0.3) is 11.1 Å². The second-order valence-corrected chi connectivity index (χ2v) is 15.3. The van der Waals surface area contributed by atoms with Crippen molar-refractivity contribution in [2.24, 2.45) is 0 Å². The average Bonchev–Trinajstić information content (AvgIpc) is 3.79. The van der Waals surface area contributed by atoms with Crippen molar-refractivity contribution in [2.45, 2.75) is 82.6 Å². The van der Waals surface area contributed by atoms with E-state index in [4.69, 9.17) is 4.74 Å². The lowest BCUT2D eigenvalue weighted by Gasteiger charge is -2.44. The number of anilines is 1. The predicted molar refractivity (Wildman–Crippen MR) is 211 cm³/mol. The highest BCUT2D eigenvalue weighted by Gasteiger charge is 2.46. The van der Waals surface area contributed by atoms with E-state index in [9.17, 15) is 34.4 Å². The highest BCUT2D eigenvalue weighted by molar-refractivity contribution is 5.99. The molecule has 13 nitrogen and oxygen atoms in total. The van der Waals surface area contributed by atoms with Gasteiger partial charge < -0.3 is 30.3 Å². The molecule has 3 N–H and O–H groups in total. The normalized spacial score (nSPS) is 16.5. The highest BCUT2D eigenvalue weighted by atomic mass is 16.6. The summed E-state index contributed by atoms with van der Waals surface area (Å²) >= 11 is 0. The van der Waals surface area contributed by atoms with Gasteiger partial charge in [0.15, 0.2) is 0 Å². The number of rotatable bonds is 12. The number of carbonyl (C=O) groups is 4. The molecule has 6 rings (SSSR count). The number of nitrogens with zero attached hydrogens (tertiary/aromatic N) is 3. The van der Waals surface area contributed by atoms with E-state index >= 15 is 0 Å². The molecule has 4 aromatic carbocycles. The Morgan fingerprint density at radius 2 is 1.50 bits per heavy atom. The molecule has 1 fully saturated rings. The summed E-state index contributed by atoms with van der Waals surface area (Å²) in [6.45, 7) is 7.01. The maximum atomic E-state index is 14.8. The summed E-state index contributed by atoms with van der Waals surface area (Å²) in [5.41, 5.74) is 4.25. The summed E-state index contributed by atoms with van der Waals surface area (Å²) in [5.74, 6) is -1.83. The van der Waals surface area contributed by atoms with Gasteiger partial charge in [0.1, 0.15) is 24.7 Å². The minimum absolute atomic E-state index is 0.0106. The van der Waals surface area contributed by atoms with E-state index in [1.807, 2.05) is 78.9 Å². The van der Waals surface area contributed by atoms with E-state index in [2.05, 4.69) is 10.6 Å². The molecule has 4 atom stereocenters. The Morgan fingerprint density at radius 3 is 2.07 bits per heavy atom. The minimum atomic E-state index is -1.41. The van der Waals surface area contributed by atoms with Crippen LogP contribution in [0.4, 0.5) is 16.2 Å². The standard InChI is InChI=1S/C43H47N5O8/c1-27(49)38(45-42(53)56-26-35-33-17-10-8-15-31(33)32-16-9-11-18-34(32)35)41(52)46-24-12-19-36(46)40(51)47(43(2,3)4)37(25-28-13-6-5-7-14-28)39(50)44-29-20-22-30(23-21-29)48(54)55/h5-11,13-18,20-23,27,35-38,49H,12,19,24-26H2,1-4H3,(H,44,50)(H,45,53)/t27-,36+,37+,38+/m1/s1. The van der Waals surface area contributed by atoms with Crippen LogP contribution in [0.3, 0.4) is 0 Å². The maximum Gasteiger partial charge on any atom is 0.407 e. The molecule has 292 valence electrons. The van der Waals surface area contributed by atoms with E-state index in [-0.39, 0.29) is 31.2 Å². The number of fused-ring (bicyclic) bond motifs is 3. The number of likely N-dealkylation sites (tertiary alicyclic amines) is 1. The zero-order valence-corrected chi connectivity index (χ0v) is 31.9. The van der Waals surface area contributed by atoms with E-state index in [1.165, 1.54) is 41.0 Å². The Balaban J connectivity index is 1.20. The summed E-state index contributed by atoms with van der Waals surface area (Å²) < 4.78 is 5.69. The summed E-state index contributed by atoms with van der Waals surface area (Å²) in [4.78, 5) is 70.0. The van der Waals surface area contributed by atoms with Gasteiger partial charge in [0, 0.05) is 42.2 Å². The van der Waals surface area contributed by atoms with E-state index in [0.717, 1.165) is 27.8 Å². The number of benzene rings is 4. The number of non-ortho nitro benzene ring substituents is 1. The zero-order chi connectivity index (χ0) is 40.1. The van der Waals surface area contributed by atoms with Crippen molar-refractivity contribution in [1.82, 2.24) is 15.1 Å². The molecule has 0 bridgehead atoms. The first-order chi connectivity index (χ1) is 26.7. The molecule has 4 aromatic rings. The minimum Gasteiger partial charge on any atom is -0.449 e. The topological polar surface area (TPSA) is 171 Å². The number of aliphatic hydroxyl groups is 1. The van der Waals surface area contributed by atoms with Crippen molar-refractivity contribution in [2.75, 3.05) is 18.5 Å². The molecule has 2 aliphatic rings.